The van der Waals surface area contributed by atoms with Gasteiger partial charge in [0.2, 0.25) is 0 Å². The van der Waals surface area contributed by atoms with E-state index in [1.165, 1.54) is 30.0 Å². The molecule has 1 aromatic heterocycles. The number of carboxylic acids is 1. The molecular weight excluding hydrogens is 889 g/mol. The number of carbonyl (C=O) groups is 1. The lowest BCUT2D eigenvalue weighted by Gasteiger charge is -2.37. The third-order valence-electron chi connectivity index (χ3n) is 10.4. The summed E-state index contributed by atoms with van der Waals surface area (Å²) in [4.78, 5) is 16.9. The van der Waals surface area contributed by atoms with Crippen LogP contribution in [0.5, 0.6) is 0 Å². The highest BCUT2D eigenvalue weighted by Gasteiger charge is 2.48. The summed E-state index contributed by atoms with van der Waals surface area (Å²) in [7, 11) is -3.99. The maximum absolute atomic E-state index is 15.8. The Bertz CT molecular complexity index is 2700. The van der Waals surface area contributed by atoms with Gasteiger partial charge in [0.05, 0.1) is 16.9 Å². The molecular formula is C44H39ClF5N5O4S3. The predicted molar refractivity (Wildman–Crippen MR) is 239 cm³/mol. The first-order valence-corrected chi connectivity index (χ1v) is 22.8. The third kappa shape index (κ3) is 9.50. The van der Waals surface area contributed by atoms with Crippen molar-refractivity contribution in [1.82, 2.24) is 4.57 Å². The van der Waals surface area contributed by atoms with Gasteiger partial charge >= 0.3 is 11.5 Å². The number of nitrogens with one attached hydrogen (secondary N) is 2. The first kappa shape index (κ1) is 44.7. The number of alkyl halides is 3. The standard InChI is InChI=1S/C44H39ClF5N5O4S3/c1-27-39(43(56)57)40(42(53(27)2)28-8-10-29(45)11-9-28)35-24-32(25-36(46)41(35)47)55-21-19-54(20-22-55)31-14-12-30(13-15-31)52-61-34-16-17-37(38(26-34)62(58,59)44(48,49)50)51-18-23-60-33-6-4-3-5-7-33/h3-17,24-26,51-52H,18-23H2,1-2H3,(H,56,57). The Hall–Kier alpha value is -5.36. The van der Waals surface area contributed by atoms with Crippen LogP contribution < -0.4 is 19.8 Å². The molecule has 1 aliphatic heterocycles. The Morgan fingerprint density at radius 2 is 1.48 bits per heavy atom. The third-order valence-corrected chi connectivity index (χ3v) is 14.1. The maximum Gasteiger partial charge on any atom is 0.501 e. The number of hydrogen-bond donors (Lipinski definition) is 3. The largest absolute Gasteiger partial charge is 0.501 e. The Kier molecular flexibility index (Phi) is 13.4. The number of anilines is 4. The first-order chi connectivity index (χ1) is 29.5. The minimum atomic E-state index is -5.66. The van der Waals surface area contributed by atoms with E-state index < -0.39 is 37.8 Å². The molecule has 0 bridgehead atoms. The SMILES string of the molecule is Cc1c(C(=O)O)c(-c2cc(N3CCN(c4ccc(NSc5ccc(NCCSc6ccccc6)c(S(=O)(=O)C(F)(F)F)c5)cc4)CC3)cc(F)c2F)c(-c2ccc(Cl)cc2)n1C. The average molecular weight is 928 g/mol. The number of rotatable bonds is 14. The number of carboxylic acid groups (broad SMARTS) is 1. The number of hydrogen-bond acceptors (Lipinski definition) is 9. The maximum atomic E-state index is 15.8. The van der Waals surface area contributed by atoms with Gasteiger partial charge in [-0.15, -0.1) is 11.8 Å². The van der Waals surface area contributed by atoms with Crippen molar-refractivity contribution in [1.29, 1.82) is 0 Å². The molecule has 62 heavy (non-hydrogen) atoms. The van der Waals surface area contributed by atoms with E-state index in [-0.39, 0.29) is 33.8 Å². The lowest BCUT2D eigenvalue weighted by molar-refractivity contribution is -0.0435. The first-order valence-electron chi connectivity index (χ1n) is 19.1. The van der Waals surface area contributed by atoms with Crippen LogP contribution in [0.2, 0.25) is 5.02 Å². The van der Waals surface area contributed by atoms with Crippen molar-refractivity contribution in [3.05, 3.63) is 137 Å². The Morgan fingerprint density at radius 1 is 0.839 bits per heavy atom. The number of piperazine rings is 1. The predicted octanol–water partition coefficient (Wildman–Crippen LogP) is 11.2. The summed E-state index contributed by atoms with van der Waals surface area (Å²) in [5, 5.41) is 13.6. The monoisotopic (exact) mass is 927 g/mol. The van der Waals surface area contributed by atoms with Gasteiger partial charge in [-0.1, -0.05) is 41.9 Å². The van der Waals surface area contributed by atoms with Gasteiger partial charge in [-0.2, -0.15) is 13.2 Å². The normalized spacial score (nSPS) is 13.4. The molecule has 9 nitrogen and oxygen atoms in total. The summed E-state index contributed by atoms with van der Waals surface area (Å²) < 4.78 is 102. The highest BCUT2D eigenvalue weighted by Crippen LogP contribution is 2.43. The van der Waals surface area contributed by atoms with Crippen LogP contribution in [-0.4, -0.2) is 68.0 Å². The zero-order valence-corrected chi connectivity index (χ0v) is 36.3. The lowest BCUT2D eigenvalue weighted by atomic mass is 9.95. The molecule has 0 unspecified atom stereocenters. The van der Waals surface area contributed by atoms with Crippen molar-refractivity contribution in [2.24, 2.45) is 7.05 Å². The summed E-state index contributed by atoms with van der Waals surface area (Å²) >= 11 is 8.56. The topological polar surface area (TPSA) is 107 Å². The van der Waals surface area contributed by atoms with E-state index in [1.807, 2.05) is 47.4 Å². The molecule has 5 aromatic carbocycles. The number of benzene rings is 5. The van der Waals surface area contributed by atoms with Gasteiger partial charge in [0.25, 0.3) is 9.84 Å². The van der Waals surface area contributed by atoms with Crippen molar-refractivity contribution in [3.8, 4) is 22.4 Å². The fraction of sp³-hybridized carbons (Fsp3) is 0.205. The van der Waals surface area contributed by atoms with Crippen LogP contribution in [0.3, 0.4) is 0 Å². The molecule has 1 fully saturated rings. The van der Waals surface area contributed by atoms with Crippen LogP contribution in [0.1, 0.15) is 16.1 Å². The minimum Gasteiger partial charge on any atom is -0.478 e. The van der Waals surface area contributed by atoms with Crippen molar-refractivity contribution in [2.45, 2.75) is 27.1 Å². The fourth-order valence-corrected chi connectivity index (χ4v) is 9.86. The van der Waals surface area contributed by atoms with Crippen LogP contribution in [0.25, 0.3) is 22.4 Å². The number of aromatic carboxylic acids is 1. The second kappa shape index (κ2) is 18.5. The van der Waals surface area contributed by atoms with Crippen LogP contribution in [-0.2, 0) is 16.9 Å². The molecule has 0 spiro atoms. The zero-order valence-electron chi connectivity index (χ0n) is 33.1. The van der Waals surface area contributed by atoms with Gasteiger partial charge in [0.15, 0.2) is 11.6 Å². The molecule has 6 aromatic rings. The van der Waals surface area contributed by atoms with E-state index in [9.17, 15) is 31.5 Å². The van der Waals surface area contributed by atoms with Gasteiger partial charge in [0, 0.05) is 100 Å². The molecule has 0 atom stereocenters. The second-order valence-electron chi connectivity index (χ2n) is 14.3. The Balaban J connectivity index is 1.02. The van der Waals surface area contributed by atoms with Crippen LogP contribution in [0.4, 0.5) is 44.7 Å². The summed E-state index contributed by atoms with van der Waals surface area (Å²) in [5.74, 6) is -3.05. The molecule has 3 N–H and O–H groups in total. The van der Waals surface area contributed by atoms with Crippen LogP contribution in [0.15, 0.2) is 124 Å². The quantitative estimate of drug-likeness (QED) is 0.0423. The van der Waals surface area contributed by atoms with E-state index in [2.05, 4.69) is 14.9 Å². The van der Waals surface area contributed by atoms with Crippen molar-refractivity contribution >= 4 is 73.9 Å². The molecule has 18 heteroatoms. The summed E-state index contributed by atoms with van der Waals surface area (Å²) in [5.41, 5.74) is -2.65. The average Bonchev–Trinajstić information content (AvgIpc) is 3.52. The molecule has 0 radical (unpaired) electrons. The lowest BCUT2D eigenvalue weighted by Crippen LogP contribution is -2.46. The molecule has 324 valence electrons. The number of thioether (sulfide) groups is 1. The zero-order chi connectivity index (χ0) is 44.3. The van der Waals surface area contributed by atoms with Crippen LogP contribution >= 0.6 is 35.3 Å². The minimum absolute atomic E-state index is 0.0637. The van der Waals surface area contributed by atoms with Crippen molar-refractivity contribution in [3.63, 3.8) is 0 Å². The Morgan fingerprint density at radius 3 is 2.11 bits per heavy atom. The van der Waals surface area contributed by atoms with Crippen LogP contribution in [0, 0.1) is 18.6 Å². The molecule has 1 saturated heterocycles. The van der Waals surface area contributed by atoms with E-state index in [0.717, 1.165) is 34.7 Å². The van der Waals surface area contributed by atoms with E-state index >= 15 is 8.78 Å². The van der Waals surface area contributed by atoms with Gasteiger partial charge in [-0.3, -0.25) is 0 Å². The smallest absolute Gasteiger partial charge is 0.478 e. The van der Waals surface area contributed by atoms with E-state index in [0.29, 0.717) is 65.3 Å². The highest BCUT2D eigenvalue weighted by molar-refractivity contribution is 8.00. The number of sulfone groups is 1. The molecule has 7 rings (SSSR count). The van der Waals surface area contributed by atoms with E-state index in [4.69, 9.17) is 11.6 Å². The van der Waals surface area contributed by atoms with Gasteiger partial charge in [-0.05, 0) is 97.2 Å². The highest BCUT2D eigenvalue weighted by atomic mass is 35.5. The van der Waals surface area contributed by atoms with Crippen molar-refractivity contribution in [2.75, 3.05) is 58.3 Å². The molecule has 1 aliphatic rings. The molecule has 0 saturated carbocycles. The number of halogens is 6. The fourth-order valence-electron chi connectivity index (χ4n) is 7.22. The molecule has 0 aliphatic carbocycles. The molecule has 0 amide bonds. The van der Waals surface area contributed by atoms with Gasteiger partial charge in [-0.25, -0.2) is 22.0 Å². The second-order valence-corrected chi connectivity index (χ2v) is 18.7. The summed E-state index contributed by atoms with van der Waals surface area (Å²) in [6, 6.07) is 29.9. The Labute approximate surface area is 368 Å². The van der Waals surface area contributed by atoms with Gasteiger partial charge < -0.3 is 29.5 Å². The van der Waals surface area contributed by atoms with Crippen molar-refractivity contribution < 1.29 is 40.3 Å². The molecule has 2 heterocycles. The summed E-state index contributed by atoms with van der Waals surface area (Å²) in [6.07, 6.45) is 0. The number of nitrogens with zero attached hydrogens (tertiary/aromatic N) is 3. The summed E-state index contributed by atoms with van der Waals surface area (Å²) in [6.45, 7) is 3.74. The number of aromatic nitrogens is 1. The van der Waals surface area contributed by atoms with E-state index in [1.54, 1.807) is 54.9 Å². The van der Waals surface area contributed by atoms with Gasteiger partial charge in [0.1, 0.15) is 4.90 Å².